The molecule has 0 fully saturated rings. The van der Waals surface area contributed by atoms with E-state index >= 15 is 0 Å². The van der Waals surface area contributed by atoms with E-state index in [0.29, 0.717) is 64.7 Å². The fourth-order valence-corrected chi connectivity index (χ4v) is 8.75. The maximum Gasteiger partial charge on any atom is 0.408 e. The van der Waals surface area contributed by atoms with Crippen molar-refractivity contribution in [3.05, 3.63) is 222 Å². The molecule has 0 saturated carbocycles. The fraction of sp³-hybridized carbons (Fsp3) is 0.366. The number of aromatic hydroxyl groups is 5. The molecule has 25 nitrogen and oxygen atoms in total. The van der Waals surface area contributed by atoms with Gasteiger partial charge in [-0.1, -0.05) is 140 Å². The third-order valence-corrected chi connectivity index (χ3v) is 14.5. The number of rotatable bonds is 38. The fourth-order valence-electron chi connectivity index (χ4n) is 8.75. The monoisotopic (exact) mass is 1480 g/mol. The molecule has 580 valence electrons. The summed E-state index contributed by atoms with van der Waals surface area (Å²) in [6, 6.07) is 29.3. The Morgan fingerprint density at radius 3 is 0.991 bits per heavy atom. The van der Waals surface area contributed by atoms with Gasteiger partial charge in [0.1, 0.15) is 45.7 Å². The van der Waals surface area contributed by atoms with Gasteiger partial charge in [-0.25, -0.2) is 9.59 Å². The lowest BCUT2D eigenvalue weighted by Gasteiger charge is -2.21. The molecule has 0 spiro atoms. The summed E-state index contributed by atoms with van der Waals surface area (Å²) in [5, 5.41) is 71.1. The predicted molar refractivity (Wildman–Crippen MR) is 416 cm³/mol. The second-order valence-electron chi connectivity index (χ2n) is 24.8. The van der Waals surface area contributed by atoms with Crippen LogP contribution < -0.4 is 43.4 Å². The molecule has 5 rings (SSSR count). The van der Waals surface area contributed by atoms with Crippen LogP contribution in [-0.2, 0) is 23.9 Å². The van der Waals surface area contributed by atoms with Crippen LogP contribution in [0.4, 0.5) is 4.79 Å². The average Bonchev–Trinajstić information content (AvgIpc) is 0.932. The highest BCUT2D eigenvalue weighted by atomic mass is 16.6. The third kappa shape index (κ3) is 44.7. The summed E-state index contributed by atoms with van der Waals surface area (Å²) in [5.41, 5.74) is 10.8. The van der Waals surface area contributed by atoms with Gasteiger partial charge in [-0.15, -0.1) is 0 Å². The van der Waals surface area contributed by atoms with Crippen LogP contribution in [0.15, 0.2) is 194 Å². The summed E-state index contributed by atoms with van der Waals surface area (Å²) < 4.78 is 5.09. The molecule has 0 aliphatic carbocycles. The van der Waals surface area contributed by atoms with Crippen molar-refractivity contribution in [3.8, 4) is 28.7 Å². The maximum absolute atomic E-state index is 12.3. The number of carboxylic acid groups (broad SMARTS) is 1. The van der Waals surface area contributed by atoms with Crippen molar-refractivity contribution in [3.63, 3.8) is 0 Å². The molecule has 107 heavy (non-hydrogen) atoms. The predicted octanol–water partition coefficient (Wildman–Crippen LogP) is 11.8. The van der Waals surface area contributed by atoms with Crippen LogP contribution in [0.5, 0.6) is 28.7 Å². The van der Waals surface area contributed by atoms with Gasteiger partial charge in [-0.3, -0.25) is 38.4 Å². The molecule has 0 unspecified atom stereocenters. The van der Waals surface area contributed by atoms with Crippen molar-refractivity contribution in [1.29, 1.82) is 0 Å². The van der Waals surface area contributed by atoms with Crippen molar-refractivity contribution < 1.29 is 83.3 Å². The van der Waals surface area contributed by atoms with Gasteiger partial charge in [0.15, 0.2) is 11.6 Å². The number of carbonyl (C=O) groups excluding carboxylic acids is 9. The summed E-state index contributed by atoms with van der Waals surface area (Å²) >= 11 is 0. The number of phenolic OH excluding ortho intramolecular Hbond substituents is 4. The molecule has 3 atom stereocenters. The number of ketones is 3. The highest BCUT2D eigenvalue weighted by molar-refractivity contribution is 5.99. The number of Topliss-reactive ketones (excluding diaryl/α,β-unsaturated/α-hetero) is 3. The van der Waals surface area contributed by atoms with Gasteiger partial charge >= 0.3 is 12.1 Å². The number of carboxylic acids is 1. The first-order chi connectivity index (χ1) is 51.0. The molecule has 0 aliphatic heterocycles. The number of alkyl carbamates (subject to hydrolysis) is 1. The number of allylic oxidation sites excluding steroid dienone is 12. The first-order valence-corrected chi connectivity index (χ1v) is 35.5. The normalized spacial score (nSPS) is 11.8. The van der Waals surface area contributed by atoms with Gasteiger partial charge in [0, 0.05) is 58.4 Å². The molecule has 5 aromatic rings. The summed E-state index contributed by atoms with van der Waals surface area (Å²) in [4.78, 5) is 116. The van der Waals surface area contributed by atoms with Crippen molar-refractivity contribution in [2.24, 2.45) is 11.5 Å². The first-order valence-electron chi connectivity index (χ1n) is 35.5. The Hall–Kier alpha value is -11.4. The molecule has 25 heteroatoms. The van der Waals surface area contributed by atoms with Gasteiger partial charge in [-0.2, -0.15) is 0 Å². The summed E-state index contributed by atoms with van der Waals surface area (Å²) in [5.74, 6) is -3.39. The van der Waals surface area contributed by atoms with Crippen LogP contribution in [0.1, 0.15) is 190 Å². The van der Waals surface area contributed by atoms with E-state index < -0.39 is 41.7 Å². The quantitative estimate of drug-likeness (QED) is 0.0129. The Labute approximate surface area is 628 Å². The maximum atomic E-state index is 12.3. The van der Waals surface area contributed by atoms with Crippen LogP contribution in [-0.4, -0.2) is 146 Å². The number of hydrogen-bond donors (Lipinski definition) is 14. The van der Waals surface area contributed by atoms with Gasteiger partial charge in [-0.05, 0) is 166 Å². The van der Waals surface area contributed by atoms with E-state index in [0.717, 1.165) is 38.5 Å². The average molecular weight is 1480 g/mol. The number of nitrogens with one attached hydrogen (secondary N) is 6. The zero-order valence-corrected chi connectivity index (χ0v) is 62.5. The van der Waals surface area contributed by atoms with Crippen LogP contribution in [0.25, 0.3) is 0 Å². The SMILES string of the molecule is CC/C=C\C/C=C\C/C=C\C/C=C\C/C=C\C/C=C\CCC(=O)N[C@@H](C)C(=O)CCCNC(=O)c1ccccc1O.C[C@H](N)C(=O)CCCNC(=O)c1ccccc1O.C[C@H](NC(=O)OC(C)(C)C)C(=O)CCCNC(=O)c1ccccc1O.NCCNC(=O)c1ccccc1O.O=C(O)c1ccccc1O. The molecule has 0 radical (unpaired) electrons. The Morgan fingerprint density at radius 2 is 0.701 bits per heavy atom. The minimum absolute atomic E-state index is 0.0166. The van der Waals surface area contributed by atoms with E-state index in [1.807, 2.05) is 12.2 Å². The standard InChI is InChI=1S/C35H48N2O4.C18H26N2O5.C13H18N2O3.C9H12N2O2.C7H6O3/c1-3-4-5-6-7-8-9-10-11-12-13-14-15-16-17-18-19-20-21-28-34(40)37-30(2)32(38)27-24-29-36-35(41)31-25-22-23-26-33(31)39;1-12(20-17(24)25-18(2,3)4)14(21)10-7-11-19-16(23)13-8-5-6-9-15(13)22;1-9(14)11(16)7-4-8-15-13(18)10-5-2-3-6-12(10)17;10-5-6-11-9(13)7-3-1-2-4-8(7)12;8-6-4-2-1-3-5(6)7(9)10/h4-5,7-8,10-11,13-14,16-17,19-20,22-23,25-26,30,39H,3,6,9,12,15,18,21,24,27-29H2,1-2H3,(H,36,41)(H,37,40);5-6,8-9,12,22H,7,10-11H2,1-4H3,(H,19,23)(H,20,24);2-3,5-6,9,17H,4,7-8,14H2,1H3,(H,15,18);1-4,12H,5-6,10H2,(H,11,13);1-4,8H,(H,9,10)/b5-4-,8-7-,11-10-,14-13-,17-16-,20-19-;;;;/t30-;12-;9-;;/m000../s1. The van der Waals surface area contributed by atoms with Crippen LogP contribution in [0.2, 0.25) is 0 Å². The minimum Gasteiger partial charge on any atom is -0.507 e. The van der Waals surface area contributed by atoms with E-state index in [1.54, 1.807) is 108 Å². The van der Waals surface area contributed by atoms with Gasteiger partial charge in [0.2, 0.25) is 5.91 Å². The van der Waals surface area contributed by atoms with Gasteiger partial charge in [0.05, 0.1) is 40.4 Å². The number of amides is 6. The minimum atomic E-state index is -1.11. The van der Waals surface area contributed by atoms with E-state index in [4.69, 9.17) is 26.4 Å². The van der Waals surface area contributed by atoms with Crippen molar-refractivity contribution in [2.45, 2.75) is 162 Å². The lowest BCUT2D eigenvalue weighted by Crippen LogP contribution is -2.41. The Balaban J connectivity index is 0.000000733. The van der Waals surface area contributed by atoms with E-state index in [1.165, 1.54) is 54.6 Å². The molecule has 0 bridgehead atoms. The molecule has 0 saturated heterocycles. The first kappa shape index (κ1) is 93.6. The number of para-hydroxylation sites is 5. The third-order valence-electron chi connectivity index (χ3n) is 14.5. The molecule has 6 amide bonds. The lowest BCUT2D eigenvalue weighted by atomic mass is 10.1. The number of ether oxygens (including phenoxy) is 1. The second-order valence-corrected chi connectivity index (χ2v) is 24.8. The Bertz CT molecular complexity index is 3740. The summed E-state index contributed by atoms with van der Waals surface area (Å²) in [6.07, 6.45) is 34.0. The summed E-state index contributed by atoms with van der Waals surface area (Å²) in [7, 11) is 0. The molecular formula is C82H110N8O17. The second kappa shape index (κ2) is 56.0. The smallest absolute Gasteiger partial charge is 0.408 e. The van der Waals surface area contributed by atoms with Crippen LogP contribution >= 0.6 is 0 Å². The van der Waals surface area contributed by atoms with Crippen LogP contribution in [0, 0.1) is 0 Å². The van der Waals surface area contributed by atoms with E-state index in [-0.39, 0.29) is 117 Å². The molecule has 5 aromatic carbocycles. The van der Waals surface area contributed by atoms with Crippen LogP contribution in [0.3, 0.4) is 0 Å². The zero-order valence-electron chi connectivity index (χ0n) is 62.5. The number of benzene rings is 5. The zero-order chi connectivity index (χ0) is 79.8. The molecule has 16 N–H and O–H groups in total. The van der Waals surface area contributed by atoms with Crippen molar-refractivity contribution >= 4 is 58.9 Å². The highest BCUT2D eigenvalue weighted by Crippen LogP contribution is 2.19. The Kier molecular flexibility index (Phi) is 49.0. The van der Waals surface area contributed by atoms with Crippen molar-refractivity contribution in [1.82, 2.24) is 31.9 Å². The van der Waals surface area contributed by atoms with Gasteiger partial charge in [0.25, 0.3) is 23.6 Å². The van der Waals surface area contributed by atoms with E-state index in [9.17, 15) is 68.4 Å². The summed E-state index contributed by atoms with van der Waals surface area (Å²) in [6.45, 7) is 14.1. The molecule has 0 heterocycles. The largest absolute Gasteiger partial charge is 0.507 e. The van der Waals surface area contributed by atoms with Gasteiger partial charge < -0.3 is 78.7 Å². The highest BCUT2D eigenvalue weighted by Gasteiger charge is 2.22. The molecular weight excluding hydrogens is 1370 g/mol. The molecule has 0 aromatic heterocycles. The topological polar surface area (TPSA) is 426 Å². The number of phenols is 5. The number of hydrogen-bond acceptors (Lipinski definition) is 18. The number of aromatic carboxylic acids is 1. The van der Waals surface area contributed by atoms with E-state index in [2.05, 4.69) is 99.6 Å². The van der Waals surface area contributed by atoms with Crippen molar-refractivity contribution in [2.75, 3.05) is 32.7 Å². The molecule has 0 aliphatic rings. The number of nitrogens with two attached hydrogens (primary N) is 2. The number of carbonyl (C=O) groups is 10. The Morgan fingerprint density at radius 1 is 0.411 bits per heavy atom. The lowest BCUT2D eigenvalue weighted by molar-refractivity contribution is -0.127.